The highest BCUT2D eigenvalue weighted by atomic mass is 16.5. The zero-order chi connectivity index (χ0) is 34.5. The lowest BCUT2D eigenvalue weighted by Gasteiger charge is -2.38. The molecule has 5 aliphatic heterocycles. The van der Waals surface area contributed by atoms with Crippen molar-refractivity contribution in [3.05, 3.63) is 53.2 Å². The number of piperazine rings is 1. The maximum atomic E-state index is 6.67. The third kappa shape index (κ3) is 7.57. The molecule has 1 aromatic heterocycles. The summed E-state index contributed by atoms with van der Waals surface area (Å²) in [4.78, 5) is 18.1. The number of hydrogen-bond donors (Lipinski definition) is 1. The minimum Gasteiger partial charge on any atom is -0.461 e. The van der Waals surface area contributed by atoms with Crippen molar-refractivity contribution in [2.75, 3.05) is 56.3 Å². The van der Waals surface area contributed by atoms with Crippen molar-refractivity contribution in [2.45, 2.75) is 123 Å². The number of aromatic nitrogens is 2. The molecule has 3 aromatic rings. The van der Waals surface area contributed by atoms with E-state index >= 15 is 0 Å². The number of hydrogen-bond acceptors (Lipinski definition) is 8. The van der Waals surface area contributed by atoms with E-state index in [-0.39, 0.29) is 6.97 Å². The fourth-order valence-corrected chi connectivity index (χ4v) is 9.03. The molecule has 0 spiro atoms. The largest absolute Gasteiger partial charge is 0.461 e. The molecular weight excluding hydrogens is 608 g/mol. The highest BCUT2D eigenvalue weighted by Gasteiger charge is 2.50. The van der Waals surface area contributed by atoms with Crippen LogP contribution >= 0.6 is 0 Å². The van der Waals surface area contributed by atoms with Crippen molar-refractivity contribution >= 4 is 22.3 Å². The summed E-state index contributed by atoms with van der Waals surface area (Å²) in [5.74, 6) is 1.95. The van der Waals surface area contributed by atoms with Gasteiger partial charge in [0, 0.05) is 62.9 Å². The Labute approximate surface area is 297 Å². The van der Waals surface area contributed by atoms with Crippen molar-refractivity contribution in [1.82, 2.24) is 20.2 Å². The minimum absolute atomic E-state index is 0. The van der Waals surface area contributed by atoms with Crippen molar-refractivity contribution in [3.63, 3.8) is 0 Å². The lowest BCUT2D eigenvalue weighted by molar-refractivity contribution is 0.0519. The zero-order valence-corrected chi connectivity index (χ0v) is 31.4. The smallest absolute Gasteiger partial charge is 0.318 e. The van der Waals surface area contributed by atoms with Crippen LogP contribution in [0.5, 0.6) is 6.01 Å². The molecule has 8 rings (SSSR count). The molecule has 4 atom stereocenters. The third-order valence-corrected chi connectivity index (χ3v) is 11.1. The molecular formula is C41H64N6O2. The Morgan fingerprint density at radius 3 is 2.41 bits per heavy atom. The SMILES string of the molecule is CC.CC(C)C.CCc1cccc2cccc(N3CCc4c(nc(OCC56CCCN5[C@@H](COC)CC6)nc4N4CC5CCC(C4)N5)C3)c12.[HH]. The number of benzene rings is 2. The van der Waals surface area contributed by atoms with Crippen molar-refractivity contribution < 1.29 is 10.9 Å². The molecule has 0 radical (unpaired) electrons. The number of anilines is 2. The fraction of sp³-hybridized carbons (Fsp3) is 0.659. The minimum atomic E-state index is 0. The van der Waals surface area contributed by atoms with Gasteiger partial charge in [-0.05, 0) is 80.8 Å². The van der Waals surface area contributed by atoms with Crippen LogP contribution < -0.4 is 19.9 Å². The van der Waals surface area contributed by atoms with Gasteiger partial charge in [0.15, 0.2) is 0 Å². The fourth-order valence-electron chi connectivity index (χ4n) is 9.03. The molecule has 0 aliphatic carbocycles. The predicted octanol–water partition coefficient (Wildman–Crippen LogP) is 7.65. The number of nitrogens with zero attached hydrogens (tertiary/aromatic N) is 5. The van der Waals surface area contributed by atoms with Crippen LogP contribution in [0, 0.1) is 5.92 Å². The first-order valence-electron chi connectivity index (χ1n) is 19.4. The Kier molecular flexibility index (Phi) is 11.7. The van der Waals surface area contributed by atoms with Crippen LogP contribution in [0.1, 0.15) is 98.3 Å². The summed E-state index contributed by atoms with van der Waals surface area (Å²) in [5.41, 5.74) is 5.27. The standard InChI is InChI=1S/C35H46N6O2.C4H10.C2H6.H2/c1-3-24-7-4-8-25-9-5-10-31(32(24)25)39-18-14-29-30(21-39)37-34(38-33(29)40-19-26-11-12-27(20-40)36-26)43-23-35-15-6-17-41(35)28(13-16-35)22-42-2;1-4(2)3;1-2;/h4-5,7-10,26-28,36H,3,6,11-23H2,1-2H3;4H,1-3H3;1-2H3;1H/t26?,27?,28-,35?;;;/m1.../s1. The number of fused-ring (bicyclic) bond motifs is 5. The summed E-state index contributed by atoms with van der Waals surface area (Å²) in [7, 11) is 1.82. The molecule has 2 bridgehead atoms. The molecule has 4 saturated heterocycles. The molecule has 49 heavy (non-hydrogen) atoms. The van der Waals surface area contributed by atoms with E-state index in [1.807, 2.05) is 21.0 Å². The van der Waals surface area contributed by atoms with E-state index in [1.54, 1.807) is 0 Å². The zero-order valence-electron chi connectivity index (χ0n) is 31.4. The lowest BCUT2D eigenvalue weighted by Crippen LogP contribution is -2.52. The van der Waals surface area contributed by atoms with E-state index in [9.17, 15) is 0 Å². The quantitative estimate of drug-likeness (QED) is 0.262. The maximum absolute atomic E-state index is 6.67. The number of ether oxygens (including phenoxy) is 2. The number of rotatable bonds is 8. The van der Waals surface area contributed by atoms with Gasteiger partial charge in [0.2, 0.25) is 0 Å². The van der Waals surface area contributed by atoms with Crippen molar-refractivity contribution in [1.29, 1.82) is 0 Å². The highest BCUT2D eigenvalue weighted by Crippen LogP contribution is 2.43. The van der Waals surface area contributed by atoms with Gasteiger partial charge in [0.1, 0.15) is 12.4 Å². The molecule has 0 amide bonds. The first-order chi connectivity index (χ1) is 23.9. The summed E-state index contributed by atoms with van der Waals surface area (Å²) in [5, 5.41) is 6.50. The van der Waals surface area contributed by atoms with Gasteiger partial charge in [-0.25, -0.2) is 0 Å². The van der Waals surface area contributed by atoms with Crippen molar-refractivity contribution in [3.8, 4) is 6.01 Å². The van der Waals surface area contributed by atoms with Gasteiger partial charge < -0.3 is 24.6 Å². The summed E-state index contributed by atoms with van der Waals surface area (Å²) in [6.07, 6.45) is 9.24. The molecule has 1 N–H and O–H groups in total. The van der Waals surface area contributed by atoms with Gasteiger partial charge in [0.25, 0.3) is 0 Å². The Balaban J connectivity index is 0.000000651. The maximum Gasteiger partial charge on any atom is 0.318 e. The Morgan fingerprint density at radius 2 is 1.69 bits per heavy atom. The predicted molar refractivity (Wildman–Crippen MR) is 205 cm³/mol. The van der Waals surface area contributed by atoms with Gasteiger partial charge in [-0.15, -0.1) is 0 Å². The van der Waals surface area contributed by atoms with Crippen LogP contribution in [-0.4, -0.2) is 85.0 Å². The highest BCUT2D eigenvalue weighted by molar-refractivity contribution is 5.97. The van der Waals surface area contributed by atoms with Gasteiger partial charge >= 0.3 is 6.01 Å². The third-order valence-electron chi connectivity index (χ3n) is 11.1. The van der Waals surface area contributed by atoms with Gasteiger partial charge in [0.05, 0.1) is 24.4 Å². The van der Waals surface area contributed by atoms with E-state index in [2.05, 4.69) is 84.1 Å². The van der Waals surface area contributed by atoms with Crippen LogP contribution in [0.2, 0.25) is 0 Å². The molecule has 270 valence electrons. The summed E-state index contributed by atoms with van der Waals surface area (Å²) in [6.45, 7) is 19.1. The molecule has 4 fully saturated rings. The van der Waals surface area contributed by atoms with Crippen LogP contribution in [0.15, 0.2) is 36.4 Å². The normalized spacial score (nSPS) is 25.8. The van der Waals surface area contributed by atoms with Crippen LogP contribution in [0.25, 0.3) is 10.8 Å². The number of aryl methyl sites for hydroxylation is 1. The monoisotopic (exact) mass is 673 g/mol. The second-order valence-corrected chi connectivity index (χ2v) is 15.3. The summed E-state index contributed by atoms with van der Waals surface area (Å²) >= 11 is 0. The number of nitrogens with one attached hydrogen (secondary N) is 1. The van der Waals surface area contributed by atoms with E-state index in [0.29, 0.717) is 30.7 Å². The first-order valence-corrected chi connectivity index (χ1v) is 19.4. The average molecular weight is 673 g/mol. The Bertz CT molecular complexity index is 1530. The van der Waals surface area contributed by atoms with Gasteiger partial charge in [-0.3, -0.25) is 4.90 Å². The topological polar surface area (TPSA) is 66.0 Å². The molecule has 6 heterocycles. The number of methoxy groups -OCH3 is 1. The van der Waals surface area contributed by atoms with Gasteiger partial charge in [-0.2, -0.15) is 9.97 Å². The van der Waals surface area contributed by atoms with E-state index in [1.165, 1.54) is 59.7 Å². The van der Waals surface area contributed by atoms with E-state index in [4.69, 9.17) is 19.4 Å². The first kappa shape index (κ1) is 35.9. The Morgan fingerprint density at radius 1 is 0.959 bits per heavy atom. The Hall–Kier alpha value is -2.94. The molecule has 0 saturated carbocycles. The average Bonchev–Trinajstić information content (AvgIpc) is 3.80. The molecule has 8 heteroatoms. The van der Waals surface area contributed by atoms with E-state index in [0.717, 1.165) is 76.0 Å². The second-order valence-electron chi connectivity index (χ2n) is 15.3. The summed E-state index contributed by atoms with van der Waals surface area (Å²) in [6, 6.07) is 15.6. The van der Waals surface area contributed by atoms with Crippen LogP contribution in [-0.2, 0) is 24.1 Å². The lowest BCUT2D eigenvalue weighted by atomic mass is 9.95. The molecule has 2 aromatic carbocycles. The molecule has 5 aliphatic rings. The van der Waals surface area contributed by atoms with E-state index < -0.39 is 0 Å². The van der Waals surface area contributed by atoms with Gasteiger partial charge in [-0.1, -0.05) is 71.9 Å². The summed E-state index contributed by atoms with van der Waals surface area (Å²) < 4.78 is 12.2. The van der Waals surface area contributed by atoms with Crippen LogP contribution in [0.3, 0.4) is 0 Å². The van der Waals surface area contributed by atoms with Crippen molar-refractivity contribution in [2.24, 2.45) is 5.92 Å². The second kappa shape index (κ2) is 15.9. The van der Waals surface area contributed by atoms with Crippen LogP contribution in [0.4, 0.5) is 11.5 Å². The molecule has 8 nitrogen and oxygen atoms in total. The molecule has 3 unspecified atom stereocenters.